The first kappa shape index (κ1) is 16.9. The van der Waals surface area contributed by atoms with E-state index in [4.69, 9.17) is 4.74 Å². The zero-order valence-electron chi connectivity index (χ0n) is 14.5. The average Bonchev–Trinajstić information content (AvgIpc) is 2.54. The fourth-order valence-electron chi connectivity index (χ4n) is 3.82. The number of ether oxygens (including phenoxy) is 1. The summed E-state index contributed by atoms with van der Waals surface area (Å²) in [4.78, 5) is 16.6. The van der Waals surface area contributed by atoms with Gasteiger partial charge in [-0.2, -0.15) is 5.26 Å². The molecule has 0 N–H and O–H groups in total. The van der Waals surface area contributed by atoms with Gasteiger partial charge in [-0.1, -0.05) is 12.1 Å². The second-order valence-corrected chi connectivity index (χ2v) is 7.38. The van der Waals surface area contributed by atoms with E-state index in [-0.39, 0.29) is 11.5 Å². The van der Waals surface area contributed by atoms with E-state index < -0.39 is 0 Å². The van der Waals surface area contributed by atoms with Crippen LogP contribution in [0.15, 0.2) is 24.3 Å². The predicted molar refractivity (Wildman–Crippen MR) is 92.7 cm³/mol. The van der Waals surface area contributed by atoms with Crippen molar-refractivity contribution in [1.29, 1.82) is 5.26 Å². The number of carbonyl (C=O) groups excluding carboxylic acids is 1. The molecule has 0 radical (unpaired) electrons. The largest absolute Gasteiger partial charge is 0.376 e. The van der Waals surface area contributed by atoms with Gasteiger partial charge >= 0.3 is 0 Å². The summed E-state index contributed by atoms with van der Waals surface area (Å²) in [5, 5.41) is 9.24. The number of rotatable bonds is 3. The summed E-state index contributed by atoms with van der Waals surface area (Å²) in [7, 11) is 0. The second kappa shape index (κ2) is 6.92. The molecular formula is C19H25N3O2. The van der Waals surface area contributed by atoms with Crippen molar-refractivity contribution in [2.24, 2.45) is 5.92 Å². The standard InChI is InChI=1S/C19H25N3O2/c1-19(2)11-15(7-10-24-19)13-21-8-9-22(18(23)14-21)17-6-4-3-5-16(17)12-20/h3-6,15H,7-11,13-14H2,1-2H3/t15-/m0/s1. The average molecular weight is 327 g/mol. The van der Waals surface area contributed by atoms with E-state index in [1.807, 2.05) is 18.2 Å². The van der Waals surface area contributed by atoms with Crippen molar-refractivity contribution in [2.45, 2.75) is 32.3 Å². The molecule has 1 aromatic rings. The third-order valence-corrected chi connectivity index (χ3v) is 4.93. The third-order valence-electron chi connectivity index (χ3n) is 4.93. The van der Waals surface area contributed by atoms with Gasteiger partial charge in [-0.15, -0.1) is 0 Å². The first-order valence-corrected chi connectivity index (χ1v) is 8.64. The minimum Gasteiger partial charge on any atom is -0.376 e. The summed E-state index contributed by atoms with van der Waals surface area (Å²) in [5.41, 5.74) is 1.24. The Morgan fingerprint density at radius 1 is 1.33 bits per heavy atom. The van der Waals surface area contributed by atoms with Gasteiger partial charge in [0.15, 0.2) is 0 Å². The molecule has 0 unspecified atom stereocenters. The fraction of sp³-hybridized carbons (Fsp3) is 0.579. The maximum absolute atomic E-state index is 12.6. The van der Waals surface area contributed by atoms with Gasteiger partial charge in [-0.25, -0.2) is 0 Å². The zero-order valence-corrected chi connectivity index (χ0v) is 14.5. The molecule has 1 atom stereocenters. The molecule has 2 saturated heterocycles. The second-order valence-electron chi connectivity index (χ2n) is 7.38. The Morgan fingerprint density at radius 3 is 2.83 bits per heavy atom. The highest BCUT2D eigenvalue weighted by atomic mass is 16.5. The third kappa shape index (κ3) is 3.77. The number of piperazine rings is 1. The number of nitriles is 1. The van der Waals surface area contributed by atoms with Crippen LogP contribution in [0.2, 0.25) is 0 Å². The van der Waals surface area contributed by atoms with E-state index in [0.717, 1.165) is 38.2 Å². The van der Waals surface area contributed by atoms with Gasteiger partial charge in [0.2, 0.25) is 5.91 Å². The lowest BCUT2D eigenvalue weighted by atomic mass is 9.88. The maximum atomic E-state index is 12.6. The Morgan fingerprint density at radius 2 is 2.12 bits per heavy atom. The highest BCUT2D eigenvalue weighted by Gasteiger charge is 2.32. The Hall–Kier alpha value is -1.90. The van der Waals surface area contributed by atoms with Crippen molar-refractivity contribution in [3.63, 3.8) is 0 Å². The van der Waals surface area contributed by atoms with Gasteiger partial charge in [0.05, 0.1) is 23.4 Å². The summed E-state index contributed by atoms with van der Waals surface area (Å²) in [6.45, 7) is 7.96. The molecule has 2 aliphatic heterocycles. The lowest BCUT2D eigenvalue weighted by Crippen LogP contribution is -2.52. The lowest BCUT2D eigenvalue weighted by molar-refractivity contribution is -0.122. The molecule has 2 aliphatic rings. The van der Waals surface area contributed by atoms with Crippen LogP contribution in [0.4, 0.5) is 5.69 Å². The smallest absolute Gasteiger partial charge is 0.241 e. The molecule has 1 amide bonds. The number of carbonyl (C=O) groups is 1. The van der Waals surface area contributed by atoms with E-state index in [1.165, 1.54) is 0 Å². The Bertz CT molecular complexity index is 650. The van der Waals surface area contributed by atoms with Crippen molar-refractivity contribution in [3.8, 4) is 6.07 Å². The van der Waals surface area contributed by atoms with Crippen LogP contribution in [0.5, 0.6) is 0 Å². The van der Waals surface area contributed by atoms with Crippen LogP contribution in [0, 0.1) is 17.2 Å². The molecule has 0 aliphatic carbocycles. The summed E-state index contributed by atoms with van der Waals surface area (Å²) < 4.78 is 5.78. The molecule has 2 heterocycles. The molecule has 0 spiro atoms. The molecule has 128 valence electrons. The summed E-state index contributed by atoms with van der Waals surface area (Å²) >= 11 is 0. The molecule has 5 nitrogen and oxygen atoms in total. The van der Waals surface area contributed by atoms with Gasteiger partial charge in [-0.3, -0.25) is 9.69 Å². The number of anilines is 1. The number of hydrogen-bond acceptors (Lipinski definition) is 4. The van der Waals surface area contributed by atoms with Crippen LogP contribution in [0.1, 0.15) is 32.3 Å². The van der Waals surface area contributed by atoms with E-state index in [1.54, 1.807) is 11.0 Å². The first-order chi connectivity index (χ1) is 11.5. The number of nitrogens with zero attached hydrogens (tertiary/aromatic N) is 3. The Labute approximate surface area is 143 Å². The highest BCUT2D eigenvalue weighted by molar-refractivity contribution is 5.96. The Balaban J connectivity index is 1.61. The predicted octanol–water partition coefficient (Wildman–Crippen LogP) is 2.41. The SMILES string of the molecule is CC1(C)C[C@@H](CN2CCN(c3ccccc3C#N)C(=O)C2)CCO1. The topological polar surface area (TPSA) is 56.6 Å². The van der Waals surface area contributed by atoms with Gasteiger partial charge in [-0.05, 0) is 44.7 Å². The van der Waals surface area contributed by atoms with Crippen molar-refractivity contribution in [2.75, 3.05) is 37.7 Å². The quantitative estimate of drug-likeness (QED) is 0.855. The summed E-state index contributed by atoms with van der Waals surface area (Å²) in [6, 6.07) is 9.50. The lowest BCUT2D eigenvalue weighted by Gasteiger charge is -2.40. The summed E-state index contributed by atoms with van der Waals surface area (Å²) in [5.74, 6) is 0.662. The van der Waals surface area contributed by atoms with E-state index in [2.05, 4.69) is 24.8 Å². The van der Waals surface area contributed by atoms with Crippen LogP contribution in [0.25, 0.3) is 0 Å². The fourth-order valence-corrected chi connectivity index (χ4v) is 3.82. The van der Waals surface area contributed by atoms with Crippen molar-refractivity contribution in [3.05, 3.63) is 29.8 Å². The van der Waals surface area contributed by atoms with Gasteiger partial charge < -0.3 is 9.64 Å². The maximum Gasteiger partial charge on any atom is 0.241 e. The van der Waals surface area contributed by atoms with Crippen LogP contribution in [-0.4, -0.2) is 49.2 Å². The van der Waals surface area contributed by atoms with Crippen molar-refractivity contribution in [1.82, 2.24) is 4.90 Å². The molecule has 24 heavy (non-hydrogen) atoms. The van der Waals surface area contributed by atoms with Gasteiger partial charge in [0.25, 0.3) is 0 Å². The first-order valence-electron chi connectivity index (χ1n) is 8.64. The normalized spacial score (nSPS) is 24.6. The molecule has 3 rings (SSSR count). The molecular weight excluding hydrogens is 302 g/mol. The number of para-hydroxylation sites is 1. The molecule has 5 heteroatoms. The number of amides is 1. The van der Waals surface area contributed by atoms with Crippen molar-refractivity contribution < 1.29 is 9.53 Å². The van der Waals surface area contributed by atoms with E-state index in [9.17, 15) is 10.1 Å². The minimum atomic E-state index is -0.0551. The molecule has 0 bridgehead atoms. The minimum absolute atomic E-state index is 0.0551. The van der Waals surface area contributed by atoms with Crippen LogP contribution in [0.3, 0.4) is 0 Å². The monoisotopic (exact) mass is 327 g/mol. The zero-order chi connectivity index (χ0) is 17.2. The molecule has 0 saturated carbocycles. The van der Waals surface area contributed by atoms with E-state index in [0.29, 0.717) is 24.6 Å². The van der Waals surface area contributed by atoms with Gasteiger partial charge in [0, 0.05) is 26.2 Å². The molecule has 2 fully saturated rings. The van der Waals surface area contributed by atoms with Crippen LogP contribution < -0.4 is 4.90 Å². The number of hydrogen-bond donors (Lipinski definition) is 0. The Kier molecular flexibility index (Phi) is 4.88. The van der Waals surface area contributed by atoms with Crippen LogP contribution >= 0.6 is 0 Å². The highest BCUT2D eigenvalue weighted by Crippen LogP contribution is 2.30. The van der Waals surface area contributed by atoms with Crippen molar-refractivity contribution >= 4 is 11.6 Å². The van der Waals surface area contributed by atoms with Gasteiger partial charge in [0.1, 0.15) is 6.07 Å². The summed E-state index contributed by atoms with van der Waals surface area (Å²) in [6.07, 6.45) is 2.10. The molecule has 1 aromatic carbocycles. The number of benzene rings is 1. The molecule has 0 aromatic heterocycles. The van der Waals surface area contributed by atoms with E-state index >= 15 is 0 Å². The van der Waals surface area contributed by atoms with Crippen LogP contribution in [-0.2, 0) is 9.53 Å².